The quantitative estimate of drug-likeness (QED) is 0.430. The zero-order valence-electron chi connectivity index (χ0n) is 18.6. The molecule has 3 nitrogen and oxygen atoms in total. The van der Waals surface area contributed by atoms with Gasteiger partial charge in [-0.15, -0.1) is 0 Å². The second-order valence-electron chi connectivity index (χ2n) is 8.07. The number of aryl methyl sites for hydroxylation is 2. The second-order valence-corrected chi connectivity index (χ2v) is 8.07. The molecule has 3 aromatic heterocycles. The van der Waals surface area contributed by atoms with Crippen molar-refractivity contribution in [2.45, 2.75) is 41.0 Å². The van der Waals surface area contributed by atoms with Crippen LogP contribution in [0.15, 0.2) is 47.0 Å². The number of pyridine rings is 2. The van der Waals surface area contributed by atoms with Gasteiger partial charge in [0.05, 0.1) is 5.69 Å². The highest BCUT2D eigenvalue weighted by Crippen LogP contribution is 2.35. The lowest BCUT2D eigenvalue weighted by Gasteiger charge is -2.19. The maximum atomic E-state index is 7.58. The highest BCUT2D eigenvalue weighted by Gasteiger charge is 2.16. The van der Waals surface area contributed by atoms with E-state index in [0.29, 0.717) is 11.3 Å². The van der Waals surface area contributed by atoms with Gasteiger partial charge < -0.3 is 4.42 Å². The summed E-state index contributed by atoms with van der Waals surface area (Å²) in [5, 5.41) is 1.70. The van der Waals surface area contributed by atoms with Crippen LogP contribution in [0.2, 0.25) is 0 Å². The van der Waals surface area contributed by atoms with Gasteiger partial charge in [-0.05, 0) is 61.0 Å². The van der Waals surface area contributed by atoms with Gasteiger partial charge in [-0.25, -0.2) is 4.98 Å². The molecule has 0 N–H and O–H groups in total. The predicted molar refractivity (Wildman–Crippen MR) is 107 cm³/mol. The van der Waals surface area contributed by atoms with Crippen LogP contribution in [0.3, 0.4) is 0 Å². The molecule has 0 amide bonds. The van der Waals surface area contributed by atoms with E-state index in [-0.39, 0.29) is 11.1 Å². The molecule has 4 aromatic rings. The van der Waals surface area contributed by atoms with Crippen LogP contribution in [-0.2, 0) is 6.42 Å². The molecule has 0 aliphatic heterocycles. The summed E-state index contributed by atoms with van der Waals surface area (Å²) in [6.07, 6.45) is 2.91. The van der Waals surface area contributed by atoms with Crippen LogP contribution in [-0.4, -0.2) is 9.97 Å². The van der Waals surface area contributed by atoms with Crippen molar-refractivity contribution in [2.75, 3.05) is 0 Å². The fraction of sp³-hybridized carbons (Fsp3) is 0.304. The van der Waals surface area contributed by atoms with E-state index < -0.39 is 6.85 Å². The van der Waals surface area contributed by atoms with Crippen molar-refractivity contribution in [2.24, 2.45) is 5.41 Å². The maximum Gasteiger partial charge on any atom is 0.227 e. The minimum absolute atomic E-state index is 0.0334. The first-order valence-corrected chi connectivity index (χ1v) is 8.82. The average molecular weight is 347 g/mol. The van der Waals surface area contributed by atoms with Crippen LogP contribution < -0.4 is 0 Å². The number of fused-ring (bicyclic) bond motifs is 3. The summed E-state index contributed by atoms with van der Waals surface area (Å²) in [4.78, 5) is 8.94. The van der Waals surface area contributed by atoms with Crippen molar-refractivity contribution in [1.29, 1.82) is 0 Å². The molecule has 3 heteroatoms. The summed E-state index contributed by atoms with van der Waals surface area (Å²) in [5.74, 6) is 0. The van der Waals surface area contributed by atoms with Crippen molar-refractivity contribution in [3.05, 3.63) is 59.4 Å². The smallest absolute Gasteiger partial charge is 0.227 e. The Hall–Kier alpha value is -2.68. The summed E-state index contributed by atoms with van der Waals surface area (Å²) >= 11 is 0. The monoisotopic (exact) mass is 347 g/mol. The van der Waals surface area contributed by atoms with Crippen LogP contribution in [0.5, 0.6) is 0 Å². The summed E-state index contributed by atoms with van der Waals surface area (Å²) in [5.41, 5.74) is 5.38. The van der Waals surface area contributed by atoms with Gasteiger partial charge >= 0.3 is 0 Å². The summed E-state index contributed by atoms with van der Waals surface area (Å²) in [6, 6.07) is 11.3. The Labute approximate surface area is 158 Å². The molecule has 0 radical (unpaired) electrons. The molecule has 26 heavy (non-hydrogen) atoms. The summed E-state index contributed by atoms with van der Waals surface area (Å²) < 4.78 is 28.8. The first kappa shape index (κ1) is 13.5. The molecular weight excluding hydrogens is 320 g/mol. The van der Waals surface area contributed by atoms with Crippen LogP contribution in [0.4, 0.5) is 0 Å². The predicted octanol–water partition coefficient (Wildman–Crippen LogP) is 6.25. The molecule has 0 atom stereocenters. The number of hydrogen-bond donors (Lipinski definition) is 0. The Morgan fingerprint density at radius 1 is 1.12 bits per heavy atom. The Balaban J connectivity index is 1.85. The van der Waals surface area contributed by atoms with Crippen molar-refractivity contribution < 1.29 is 8.53 Å². The van der Waals surface area contributed by atoms with Gasteiger partial charge in [-0.2, -0.15) is 0 Å². The molecule has 4 rings (SSSR count). The van der Waals surface area contributed by atoms with Gasteiger partial charge in [0.25, 0.3) is 0 Å². The van der Waals surface area contributed by atoms with Gasteiger partial charge in [-0.1, -0.05) is 32.9 Å². The molecule has 0 saturated carbocycles. The number of para-hydroxylation sites is 1. The largest absolute Gasteiger partial charge is 0.437 e. The molecule has 0 aliphatic rings. The van der Waals surface area contributed by atoms with Crippen molar-refractivity contribution in [1.82, 2.24) is 9.97 Å². The van der Waals surface area contributed by atoms with Crippen LogP contribution in [0, 0.1) is 19.2 Å². The van der Waals surface area contributed by atoms with E-state index >= 15 is 0 Å². The number of rotatable bonds is 2. The number of furan rings is 1. The third kappa shape index (κ3) is 2.98. The fourth-order valence-electron chi connectivity index (χ4n) is 3.37. The van der Waals surface area contributed by atoms with E-state index in [2.05, 4.69) is 38.7 Å². The normalized spacial score (nSPS) is 14.4. The third-order valence-electron chi connectivity index (χ3n) is 4.58. The Kier molecular flexibility index (Phi) is 3.09. The first-order chi connectivity index (χ1) is 13.5. The zero-order valence-corrected chi connectivity index (χ0v) is 15.6. The Bertz CT molecular complexity index is 1220. The Morgan fingerprint density at radius 2 is 1.96 bits per heavy atom. The number of nitrogens with zero attached hydrogens (tertiary/aromatic N) is 2. The summed E-state index contributed by atoms with van der Waals surface area (Å²) in [6.45, 7) is 6.49. The molecule has 0 saturated heterocycles. The topological polar surface area (TPSA) is 38.9 Å². The highest BCUT2D eigenvalue weighted by molar-refractivity contribution is 6.08. The lowest BCUT2D eigenvalue weighted by Crippen LogP contribution is -2.10. The lowest BCUT2D eigenvalue weighted by molar-refractivity contribution is 0.410. The van der Waals surface area contributed by atoms with Gasteiger partial charge in [0.1, 0.15) is 5.58 Å². The number of hydrogen-bond acceptors (Lipinski definition) is 3. The zero-order chi connectivity index (χ0) is 21.0. The molecular formula is C23H24N2O. The number of aromatic nitrogens is 2. The van der Waals surface area contributed by atoms with Crippen LogP contribution >= 0.6 is 0 Å². The molecule has 0 fully saturated rings. The maximum absolute atomic E-state index is 7.58. The van der Waals surface area contributed by atoms with E-state index in [4.69, 9.17) is 13.5 Å². The lowest BCUT2D eigenvalue weighted by atomic mass is 9.87. The van der Waals surface area contributed by atoms with E-state index in [0.717, 1.165) is 28.5 Å². The second kappa shape index (κ2) is 5.94. The number of benzene rings is 1. The molecule has 1 aromatic carbocycles. The highest BCUT2D eigenvalue weighted by atomic mass is 16.3. The minimum atomic E-state index is -2.27. The van der Waals surface area contributed by atoms with Gasteiger partial charge in [0.15, 0.2) is 0 Å². The third-order valence-corrected chi connectivity index (χ3v) is 4.58. The molecule has 0 aliphatic carbocycles. The fourth-order valence-corrected chi connectivity index (χ4v) is 3.37. The van der Waals surface area contributed by atoms with E-state index in [1.54, 1.807) is 12.1 Å². The summed E-state index contributed by atoms with van der Waals surface area (Å²) in [7, 11) is 0. The van der Waals surface area contributed by atoms with E-state index in [1.807, 2.05) is 24.4 Å². The first-order valence-electron chi connectivity index (χ1n) is 10.3. The SMILES string of the molecule is [2H]C([2H])([2H])c1ccc2c(n1)oc1c(-c3cc(C)c(CC(C)(C)C)cn3)cccc12. The standard InChI is InChI=1S/C23H24N2O/c1-14-11-20(24-13-16(14)12-23(3,4)5)19-8-6-7-17-18-10-9-15(2)25-22(18)26-21(17)19/h6-11,13H,12H2,1-5H3/i2D3. The average Bonchev–Trinajstić information content (AvgIpc) is 2.99. The van der Waals surface area contributed by atoms with Crippen molar-refractivity contribution in [3.8, 4) is 11.3 Å². The van der Waals surface area contributed by atoms with E-state index in [9.17, 15) is 0 Å². The molecule has 0 unspecified atom stereocenters. The van der Waals surface area contributed by atoms with Gasteiger partial charge in [0, 0.05) is 32.3 Å². The van der Waals surface area contributed by atoms with Crippen molar-refractivity contribution >= 4 is 22.1 Å². The molecule has 0 bridgehead atoms. The molecule has 3 heterocycles. The van der Waals surface area contributed by atoms with Gasteiger partial charge in [0.2, 0.25) is 5.71 Å². The van der Waals surface area contributed by atoms with Crippen LogP contribution in [0.25, 0.3) is 33.3 Å². The van der Waals surface area contributed by atoms with Crippen LogP contribution in [0.1, 0.15) is 41.7 Å². The molecule has 0 spiro atoms. The Morgan fingerprint density at radius 3 is 2.69 bits per heavy atom. The van der Waals surface area contributed by atoms with E-state index in [1.165, 1.54) is 11.1 Å². The van der Waals surface area contributed by atoms with Crippen molar-refractivity contribution in [3.63, 3.8) is 0 Å². The van der Waals surface area contributed by atoms with Gasteiger partial charge in [-0.3, -0.25) is 4.98 Å². The minimum Gasteiger partial charge on any atom is -0.437 e. The molecule has 132 valence electrons.